The molecule has 0 spiro atoms. The van der Waals surface area contributed by atoms with E-state index in [2.05, 4.69) is 9.88 Å². The molecule has 0 saturated carbocycles. The predicted molar refractivity (Wildman–Crippen MR) is 67.5 cm³/mol. The van der Waals surface area contributed by atoms with Gasteiger partial charge in [0.25, 0.3) is 0 Å². The van der Waals surface area contributed by atoms with Crippen molar-refractivity contribution in [3.8, 4) is 0 Å². The van der Waals surface area contributed by atoms with Crippen LogP contribution in [0, 0.1) is 5.92 Å². The molecule has 4 nitrogen and oxygen atoms in total. The number of hydrogen-bond donors (Lipinski definition) is 2. The minimum atomic E-state index is 0.251. The molecular formula is C11H15N3OS. The second-order valence-electron chi connectivity index (χ2n) is 4.05. The van der Waals surface area contributed by atoms with Gasteiger partial charge in [0.15, 0.2) is 0 Å². The SMILES string of the molecule is NC(=S)c1ccc(N2CCC(CO)C2)nc1. The van der Waals surface area contributed by atoms with Crippen LogP contribution in [0.15, 0.2) is 18.3 Å². The number of nitrogens with zero attached hydrogens (tertiary/aromatic N) is 2. The Balaban J connectivity index is 2.08. The van der Waals surface area contributed by atoms with Gasteiger partial charge in [-0.15, -0.1) is 0 Å². The second-order valence-corrected chi connectivity index (χ2v) is 4.49. The molecule has 1 fully saturated rings. The summed E-state index contributed by atoms with van der Waals surface area (Å²) in [5.74, 6) is 1.30. The highest BCUT2D eigenvalue weighted by atomic mass is 32.1. The molecule has 0 aromatic carbocycles. The first-order valence-electron chi connectivity index (χ1n) is 5.32. The fourth-order valence-corrected chi connectivity index (χ4v) is 2.03. The molecule has 5 heteroatoms. The van der Waals surface area contributed by atoms with Crippen LogP contribution in [-0.4, -0.2) is 34.8 Å². The lowest BCUT2D eigenvalue weighted by molar-refractivity contribution is 0.238. The monoisotopic (exact) mass is 237 g/mol. The van der Waals surface area contributed by atoms with Crippen LogP contribution in [0.3, 0.4) is 0 Å². The molecule has 1 aromatic heterocycles. The summed E-state index contributed by atoms with van der Waals surface area (Å²) in [6.45, 7) is 2.07. The van der Waals surface area contributed by atoms with E-state index in [0.717, 1.165) is 30.9 Å². The molecule has 1 saturated heterocycles. The first kappa shape index (κ1) is 11.3. The summed E-state index contributed by atoms with van der Waals surface area (Å²) >= 11 is 4.87. The number of anilines is 1. The maximum Gasteiger partial charge on any atom is 0.128 e. The van der Waals surface area contributed by atoms with Crippen LogP contribution < -0.4 is 10.6 Å². The van der Waals surface area contributed by atoms with Crippen molar-refractivity contribution in [3.05, 3.63) is 23.9 Å². The molecule has 3 N–H and O–H groups in total. The fraction of sp³-hybridized carbons (Fsp3) is 0.455. The van der Waals surface area contributed by atoms with Crippen molar-refractivity contribution in [1.29, 1.82) is 0 Å². The van der Waals surface area contributed by atoms with Gasteiger partial charge in [0.1, 0.15) is 10.8 Å². The highest BCUT2D eigenvalue weighted by Gasteiger charge is 2.22. The number of hydrogen-bond acceptors (Lipinski definition) is 4. The van der Waals surface area contributed by atoms with Gasteiger partial charge in [-0.25, -0.2) is 4.98 Å². The summed E-state index contributed by atoms with van der Waals surface area (Å²) in [5, 5.41) is 9.07. The second kappa shape index (κ2) is 4.76. The Hall–Kier alpha value is -1.20. The van der Waals surface area contributed by atoms with Crippen molar-refractivity contribution in [2.24, 2.45) is 11.7 Å². The maximum absolute atomic E-state index is 9.07. The minimum Gasteiger partial charge on any atom is -0.396 e. The van der Waals surface area contributed by atoms with Gasteiger partial charge >= 0.3 is 0 Å². The molecule has 86 valence electrons. The van der Waals surface area contributed by atoms with Gasteiger partial charge in [-0.05, 0) is 18.6 Å². The van der Waals surface area contributed by atoms with E-state index in [-0.39, 0.29) is 6.61 Å². The van der Waals surface area contributed by atoms with Gasteiger partial charge in [0.05, 0.1) is 0 Å². The Morgan fingerprint density at radius 1 is 1.62 bits per heavy atom. The van der Waals surface area contributed by atoms with Crippen LogP contribution in [0.1, 0.15) is 12.0 Å². The van der Waals surface area contributed by atoms with E-state index in [1.54, 1.807) is 6.20 Å². The lowest BCUT2D eigenvalue weighted by Gasteiger charge is -2.17. The minimum absolute atomic E-state index is 0.251. The van der Waals surface area contributed by atoms with Crippen molar-refractivity contribution in [2.45, 2.75) is 6.42 Å². The maximum atomic E-state index is 9.07. The average Bonchev–Trinajstić information content (AvgIpc) is 2.77. The number of aliphatic hydroxyl groups is 1. The predicted octanol–water partition coefficient (Wildman–Crippen LogP) is 0.534. The molecule has 1 aliphatic heterocycles. The van der Waals surface area contributed by atoms with E-state index >= 15 is 0 Å². The zero-order valence-electron chi connectivity index (χ0n) is 8.97. The van der Waals surface area contributed by atoms with Crippen LogP contribution in [0.25, 0.3) is 0 Å². The van der Waals surface area contributed by atoms with Crippen LogP contribution in [0.5, 0.6) is 0 Å². The lowest BCUT2D eigenvalue weighted by Crippen LogP contribution is -2.22. The zero-order valence-corrected chi connectivity index (χ0v) is 9.78. The normalized spacial score (nSPS) is 20.1. The van der Waals surface area contributed by atoms with E-state index in [1.165, 1.54) is 0 Å². The first-order chi connectivity index (χ1) is 7.70. The summed E-state index contributed by atoms with van der Waals surface area (Å²) in [7, 11) is 0. The van der Waals surface area contributed by atoms with Gasteiger partial charge in [0, 0.05) is 37.4 Å². The molecule has 1 aromatic rings. The van der Waals surface area contributed by atoms with Gasteiger partial charge in [-0.2, -0.15) is 0 Å². The molecule has 0 amide bonds. The Kier molecular flexibility index (Phi) is 3.36. The molecule has 2 rings (SSSR count). The number of aromatic nitrogens is 1. The van der Waals surface area contributed by atoms with Crippen molar-refractivity contribution in [2.75, 3.05) is 24.6 Å². The Bertz CT molecular complexity index is 379. The Morgan fingerprint density at radius 3 is 2.94 bits per heavy atom. The van der Waals surface area contributed by atoms with Gasteiger partial charge in [-0.3, -0.25) is 0 Å². The number of aliphatic hydroxyl groups excluding tert-OH is 1. The Labute approximate surface area is 100 Å². The van der Waals surface area contributed by atoms with Gasteiger partial charge < -0.3 is 15.7 Å². The summed E-state index contributed by atoms with van der Waals surface area (Å²) < 4.78 is 0. The van der Waals surface area contributed by atoms with Gasteiger partial charge in [0.2, 0.25) is 0 Å². The zero-order chi connectivity index (χ0) is 11.5. The van der Waals surface area contributed by atoms with Crippen LogP contribution >= 0.6 is 12.2 Å². The lowest BCUT2D eigenvalue weighted by atomic mass is 10.1. The molecule has 2 heterocycles. The average molecular weight is 237 g/mol. The largest absolute Gasteiger partial charge is 0.396 e. The van der Waals surface area contributed by atoms with Crippen LogP contribution in [0.2, 0.25) is 0 Å². The fourth-order valence-electron chi connectivity index (χ4n) is 1.91. The van der Waals surface area contributed by atoms with Crippen LogP contribution in [-0.2, 0) is 0 Å². The number of thiocarbonyl (C=S) groups is 1. The van der Waals surface area contributed by atoms with E-state index in [1.807, 2.05) is 12.1 Å². The highest BCUT2D eigenvalue weighted by Crippen LogP contribution is 2.21. The van der Waals surface area contributed by atoms with E-state index in [9.17, 15) is 0 Å². The highest BCUT2D eigenvalue weighted by molar-refractivity contribution is 7.80. The summed E-state index contributed by atoms with van der Waals surface area (Å²) in [4.78, 5) is 6.87. The van der Waals surface area contributed by atoms with Crippen LogP contribution in [0.4, 0.5) is 5.82 Å². The first-order valence-corrected chi connectivity index (χ1v) is 5.73. The van der Waals surface area contributed by atoms with Crippen molar-refractivity contribution < 1.29 is 5.11 Å². The Morgan fingerprint density at radius 2 is 2.44 bits per heavy atom. The summed E-state index contributed by atoms with van der Waals surface area (Å²) in [6, 6.07) is 3.81. The third kappa shape index (κ3) is 2.31. The molecule has 0 aliphatic carbocycles. The summed E-state index contributed by atoms with van der Waals surface area (Å²) in [5.41, 5.74) is 6.29. The smallest absolute Gasteiger partial charge is 0.128 e. The molecule has 1 unspecified atom stereocenters. The van der Waals surface area contributed by atoms with Crippen molar-refractivity contribution in [3.63, 3.8) is 0 Å². The third-order valence-electron chi connectivity index (χ3n) is 2.90. The number of nitrogens with two attached hydrogens (primary N) is 1. The van der Waals surface area contributed by atoms with E-state index in [0.29, 0.717) is 10.9 Å². The summed E-state index contributed by atoms with van der Waals surface area (Å²) in [6.07, 6.45) is 2.72. The number of pyridine rings is 1. The number of rotatable bonds is 3. The van der Waals surface area contributed by atoms with Crippen molar-refractivity contribution >= 4 is 23.0 Å². The molecule has 0 bridgehead atoms. The molecule has 0 radical (unpaired) electrons. The van der Waals surface area contributed by atoms with Crippen molar-refractivity contribution in [1.82, 2.24) is 4.98 Å². The molecule has 1 atom stereocenters. The van der Waals surface area contributed by atoms with Gasteiger partial charge in [-0.1, -0.05) is 12.2 Å². The van der Waals surface area contributed by atoms with E-state index in [4.69, 9.17) is 23.1 Å². The molecule has 1 aliphatic rings. The van der Waals surface area contributed by atoms with E-state index < -0.39 is 0 Å². The standard InChI is InChI=1S/C11H15N3OS/c12-11(16)9-1-2-10(13-5-9)14-4-3-8(6-14)7-15/h1-2,5,8,15H,3-4,6-7H2,(H2,12,16). The molecule has 16 heavy (non-hydrogen) atoms. The third-order valence-corrected chi connectivity index (χ3v) is 3.14. The topological polar surface area (TPSA) is 62.4 Å². The quantitative estimate of drug-likeness (QED) is 0.751. The molecular weight excluding hydrogens is 222 g/mol.